The van der Waals surface area contributed by atoms with E-state index in [2.05, 4.69) is 5.32 Å². The number of hydrogen-bond acceptors (Lipinski definition) is 2. The molecule has 1 saturated heterocycles. The summed E-state index contributed by atoms with van der Waals surface area (Å²) in [7, 11) is 1.62. The van der Waals surface area contributed by atoms with Crippen molar-refractivity contribution >= 4 is 5.91 Å². The number of quaternary nitrogens is 2. The Balaban J connectivity index is 1.49. The van der Waals surface area contributed by atoms with Crippen LogP contribution in [0, 0.1) is 5.82 Å². The molecule has 5 nitrogen and oxygen atoms in total. The first kappa shape index (κ1) is 19.1. The molecule has 0 radical (unpaired) electrons. The molecule has 2 fully saturated rings. The van der Waals surface area contributed by atoms with Crippen LogP contribution in [0.3, 0.4) is 0 Å². The zero-order chi connectivity index (χ0) is 18.5. The van der Waals surface area contributed by atoms with E-state index in [4.69, 9.17) is 4.74 Å². The van der Waals surface area contributed by atoms with Crippen molar-refractivity contribution in [2.45, 2.75) is 51.2 Å². The van der Waals surface area contributed by atoms with Gasteiger partial charge in [-0.3, -0.25) is 4.79 Å². The molecule has 144 valence electrons. The number of piperazine rings is 1. The summed E-state index contributed by atoms with van der Waals surface area (Å²) in [6.45, 7) is 6.70. The third-order valence-corrected chi connectivity index (χ3v) is 5.99. The molecule has 0 bridgehead atoms. The summed E-state index contributed by atoms with van der Waals surface area (Å²) in [5, 5.41) is 3.22. The Morgan fingerprint density at radius 1 is 1.27 bits per heavy atom. The fraction of sp³-hybridized carbons (Fsp3) is 0.650. The zero-order valence-electron chi connectivity index (χ0n) is 15.9. The SMILES string of the molecule is COc1ccc(F)cc1C[NH+]1CC[NH+]([C@H](C)C(=O)NC2CCCC2)CC1. The number of rotatable bonds is 6. The quantitative estimate of drug-likeness (QED) is 0.641. The van der Waals surface area contributed by atoms with Gasteiger partial charge in [0.05, 0.1) is 12.7 Å². The Morgan fingerprint density at radius 2 is 1.96 bits per heavy atom. The number of benzene rings is 1. The second-order valence-corrected chi connectivity index (χ2v) is 7.75. The van der Waals surface area contributed by atoms with Crippen molar-refractivity contribution in [2.75, 3.05) is 33.3 Å². The molecule has 6 heteroatoms. The first-order valence-electron chi connectivity index (χ1n) is 9.87. The van der Waals surface area contributed by atoms with Gasteiger partial charge in [-0.05, 0) is 38.0 Å². The molecular weight excluding hydrogens is 333 g/mol. The zero-order valence-corrected chi connectivity index (χ0v) is 15.9. The van der Waals surface area contributed by atoms with Crippen LogP contribution >= 0.6 is 0 Å². The van der Waals surface area contributed by atoms with E-state index in [0.29, 0.717) is 6.04 Å². The standard InChI is InChI=1S/C20H30FN3O2/c1-15(20(25)22-18-5-3-4-6-18)24-11-9-23(10-12-24)14-16-13-17(21)7-8-19(16)26-2/h7-8,13,15,18H,3-6,9-12,14H2,1-2H3,(H,22,25)/p+2/t15-/m1/s1. The number of carbonyl (C=O) groups excluding carboxylic acids is 1. The second kappa shape index (κ2) is 8.82. The van der Waals surface area contributed by atoms with Crippen LogP contribution in [0.5, 0.6) is 5.75 Å². The largest absolute Gasteiger partial charge is 0.496 e. The van der Waals surface area contributed by atoms with Crippen molar-refractivity contribution in [3.63, 3.8) is 0 Å². The van der Waals surface area contributed by atoms with Gasteiger partial charge in [0.1, 0.15) is 44.3 Å². The second-order valence-electron chi connectivity index (χ2n) is 7.75. The average Bonchev–Trinajstić information content (AvgIpc) is 3.15. The van der Waals surface area contributed by atoms with E-state index in [1.165, 1.54) is 28.7 Å². The molecule has 3 N–H and O–H groups in total. The lowest BCUT2D eigenvalue weighted by Gasteiger charge is -2.33. The molecule has 1 aromatic carbocycles. The highest BCUT2D eigenvalue weighted by Crippen LogP contribution is 2.18. The lowest BCUT2D eigenvalue weighted by Crippen LogP contribution is -3.29. The van der Waals surface area contributed by atoms with Crippen LogP contribution in [0.25, 0.3) is 0 Å². The minimum Gasteiger partial charge on any atom is -0.496 e. The summed E-state index contributed by atoms with van der Waals surface area (Å²) >= 11 is 0. The predicted molar refractivity (Wildman–Crippen MR) is 97.9 cm³/mol. The lowest BCUT2D eigenvalue weighted by atomic mass is 10.1. The predicted octanol–water partition coefficient (Wildman–Crippen LogP) is -0.435. The maximum Gasteiger partial charge on any atom is 0.278 e. The van der Waals surface area contributed by atoms with Gasteiger partial charge in [-0.1, -0.05) is 12.8 Å². The highest BCUT2D eigenvalue weighted by atomic mass is 19.1. The number of halogens is 1. The third kappa shape index (κ3) is 4.74. The van der Waals surface area contributed by atoms with Crippen molar-refractivity contribution < 1.29 is 23.7 Å². The maximum atomic E-state index is 13.5. The molecule has 1 aliphatic heterocycles. The van der Waals surface area contributed by atoms with Crippen LogP contribution in [0.15, 0.2) is 18.2 Å². The maximum absolute atomic E-state index is 13.5. The summed E-state index contributed by atoms with van der Waals surface area (Å²) in [5.74, 6) is 0.724. The van der Waals surface area contributed by atoms with Crippen molar-refractivity contribution in [3.05, 3.63) is 29.6 Å². The van der Waals surface area contributed by atoms with Gasteiger partial charge in [-0.2, -0.15) is 0 Å². The van der Waals surface area contributed by atoms with Gasteiger partial charge in [0.25, 0.3) is 5.91 Å². The summed E-state index contributed by atoms with van der Waals surface area (Å²) in [6, 6.07) is 5.09. The monoisotopic (exact) mass is 365 g/mol. The minimum absolute atomic E-state index is 0.000792. The molecule has 0 spiro atoms. The summed E-state index contributed by atoms with van der Waals surface area (Å²) in [6.07, 6.45) is 4.72. The normalized spacial score (nSPS) is 25.0. The Labute approximate surface area is 155 Å². The summed E-state index contributed by atoms with van der Waals surface area (Å²) in [5.41, 5.74) is 0.915. The Bertz CT molecular complexity index is 611. The lowest BCUT2D eigenvalue weighted by molar-refractivity contribution is -1.02. The molecule has 26 heavy (non-hydrogen) atoms. The van der Waals surface area contributed by atoms with E-state index in [1.54, 1.807) is 19.2 Å². The van der Waals surface area contributed by atoms with Gasteiger partial charge < -0.3 is 19.9 Å². The van der Waals surface area contributed by atoms with Crippen molar-refractivity contribution in [1.82, 2.24) is 5.32 Å². The molecule has 1 atom stereocenters. The van der Waals surface area contributed by atoms with Gasteiger partial charge >= 0.3 is 0 Å². The highest BCUT2D eigenvalue weighted by Gasteiger charge is 2.32. The summed E-state index contributed by atoms with van der Waals surface area (Å²) in [4.78, 5) is 15.3. The molecule has 2 aliphatic rings. The molecular formula is C20H32FN3O2+2. The van der Waals surface area contributed by atoms with Crippen LogP contribution in [-0.2, 0) is 11.3 Å². The van der Waals surface area contributed by atoms with Crippen LogP contribution in [-0.4, -0.2) is 51.3 Å². The fourth-order valence-corrected chi connectivity index (χ4v) is 4.27. The highest BCUT2D eigenvalue weighted by molar-refractivity contribution is 5.80. The third-order valence-electron chi connectivity index (χ3n) is 5.99. The number of ether oxygens (including phenoxy) is 1. The molecule has 1 aliphatic carbocycles. The first-order chi connectivity index (χ1) is 12.6. The van der Waals surface area contributed by atoms with E-state index in [-0.39, 0.29) is 17.8 Å². The van der Waals surface area contributed by atoms with E-state index in [9.17, 15) is 9.18 Å². The molecule has 0 aromatic heterocycles. The number of methoxy groups -OCH3 is 1. The van der Waals surface area contributed by atoms with Gasteiger partial charge in [-0.15, -0.1) is 0 Å². The van der Waals surface area contributed by atoms with Crippen LogP contribution < -0.4 is 19.9 Å². The number of nitrogens with one attached hydrogen (secondary N) is 3. The fourth-order valence-electron chi connectivity index (χ4n) is 4.27. The molecule has 1 saturated carbocycles. The van der Waals surface area contributed by atoms with E-state index < -0.39 is 0 Å². The summed E-state index contributed by atoms with van der Waals surface area (Å²) < 4.78 is 18.9. The van der Waals surface area contributed by atoms with Gasteiger partial charge in [0.2, 0.25) is 0 Å². The molecule has 1 aromatic rings. The van der Waals surface area contributed by atoms with Crippen molar-refractivity contribution in [3.8, 4) is 5.75 Å². The van der Waals surface area contributed by atoms with Crippen LogP contribution in [0.4, 0.5) is 4.39 Å². The van der Waals surface area contributed by atoms with E-state index >= 15 is 0 Å². The Hall–Kier alpha value is -1.66. The van der Waals surface area contributed by atoms with E-state index in [0.717, 1.165) is 56.9 Å². The van der Waals surface area contributed by atoms with Crippen molar-refractivity contribution in [1.29, 1.82) is 0 Å². The molecule has 3 rings (SSSR count). The molecule has 0 unspecified atom stereocenters. The first-order valence-corrected chi connectivity index (χ1v) is 9.87. The molecule has 1 amide bonds. The van der Waals surface area contributed by atoms with Gasteiger partial charge in [0.15, 0.2) is 6.04 Å². The Morgan fingerprint density at radius 3 is 2.62 bits per heavy atom. The Kier molecular flexibility index (Phi) is 6.48. The topological polar surface area (TPSA) is 47.2 Å². The smallest absolute Gasteiger partial charge is 0.278 e. The van der Waals surface area contributed by atoms with Crippen LogP contribution in [0.2, 0.25) is 0 Å². The van der Waals surface area contributed by atoms with Gasteiger partial charge in [-0.25, -0.2) is 4.39 Å². The number of hydrogen-bond donors (Lipinski definition) is 3. The average molecular weight is 365 g/mol. The van der Waals surface area contributed by atoms with Gasteiger partial charge in [0, 0.05) is 6.04 Å². The van der Waals surface area contributed by atoms with E-state index in [1.807, 2.05) is 6.92 Å². The number of carbonyl (C=O) groups is 1. The molecule has 1 heterocycles. The minimum atomic E-state index is -0.221. The number of amides is 1. The van der Waals surface area contributed by atoms with Crippen molar-refractivity contribution in [2.24, 2.45) is 0 Å². The van der Waals surface area contributed by atoms with Crippen LogP contribution in [0.1, 0.15) is 38.2 Å².